The molecule has 0 bridgehead atoms. The van der Waals surface area contributed by atoms with Crippen LogP contribution < -0.4 is 0 Å². The normalized spacial score (nSPS) is 20.7. The summed E-state index contributed by atoms with van der Waals surface area (Å²) in [4.78, 5) is 12.3. The minimum absolute atomic E-state index is 0.152. The Morgan fingerprint density at radius 3 is 2.29 bits per heavy atom. The van der Waals surface area contributed by atoms with Crippen molar-refractivity contribution in [3.05, 3.63) is 65.5 Å². The number of hydrogen-bond acceptors (Lipinski definition) is 4. The minimum Gasteiger partial charge on any atom is -0.457 e. The van der Waals surface area contributed by atoms with Gasteiger partial charge in [0, 0.05) is 18.7 Å². The summed E-state index contributed by atoms with van der Waals surface area (Å²) in [7, 11) is -3.60. The van der Waals surface area contributed by atoms with Crippen molar-refractivity contribution < 1.29 is 22.3 Å². The molecule has 0 amide bonds. The molecule has 3 rings (SSSR count). The molecule has 2 atom stereocenters. The predicted octanol–water partition coefficient (Wildman–Crippen LogP) is 3.85. The SMILES string of the molecule is C[C@@H]1C[C@H](C)CN(S(=O)(=O)c2ccc(C(=O)OCc3ccccc3F)cc2)C1. The van der Waals surface area contributed by atoms with Crippen LogP contribution in [0, 0.1) is 17.7 Å². The number of esters is 1. The van der Waals surface area contributed by atoms with E-state index in [0.717, 1.165) is 6.42 Å². The molecule has 0 spiro atoms. The molecule has 5 nitrogen and oxygen atoms in total. The van der Waals surface area contributed by atoms with E-state index in [1.807, 2.05) is 13.8 Å². The Hall–Kier alpha value is -2.25. The van der Waals surface area contributed by atoms with Gasteiger partial charge in [-0.3, -0.25) is 0 Å². The van der Waals surface area contributed by atoms with Crippen molar-refractivity contribution in [3.63, 3.8) is 0 Å². The van der Waals surface area contributed by atoms with Crippen molar-refractivity contribution >= 4 is 16.0 Å². The smallest absolute Gasteiger partial charge is 0.338 e. The molecule has 0 aliphatic carbocycles. The highest BCUT2D eigenvalue weighted by molar-refractivity contribution is 7.89. The number of carbonyl (C=O) groups excluding carboxylic acids is 1. The van der Waals surface area contributed by atoms with Gasteiger partial charge in [-0.15, -0.1) is 0 Å². The molecular formula is C21H24FNO4S. The summed E-state index contributed by atoms with van der Waals surface area (Å²) in [5.41, 5.74) is 0.499. The Labute approximate surface area is 165 Å². The summed E-state index contributed by atoms with van der Waals surface area (Å²) >= 11 is 0. The molecule has 0 unspecified atom stereocenters. The number of nitrogens with zero attached hydrogens (tertiary/aromatic N) is 1. The van der Waals surface area contributed by atoms with Crippen molar-refractivity contribution in [1.82, 2.24) is 4.31 Å². The van der Waals surface area contributed by atoms with Crippen LogP contribution in [-0.2, 0) is 21.4 Å². The third-order valence-corrected chi connectivity index (χ3v) is 6.73. The van der Waals surface area contributed by atoms with Crippen LogP contribution in [0.2, 0.25) is 0 Å². The van der Waals surface area contributed by atoms with Crippen molar-refractivity contribution in [2.75, 3.05) is 13.1 Å². The van der Waals surface area contributed by atoms with E-state index < -0.39 is 21.8 Å². The second-order valence-corrected chi connectivity index (χ2v) is 9.40. The molecule has 0 saturated carbocycles. The Kier molecular flexibility index (Phi) is 6.15. The zero-order chi connectivity index (χ0) is 20.3. The molecule has 1 fully saturated rings. The number of benzene rings is 2. The van der Waals surface area contributed by atoms with Crippen LogP contribution in [0.4, 0.5) is 4.39 Å². The molecule has 0 radical (unpaired) electrons. The monoisotopic (exact) mass is 405 g/mol. The van der Waals surface area contributed by atoms with Crippen molar-refractivity contribution in [2.24, 2.45) is 11.8 Å². The molecular weight excluding hydrogens is 381 g/mol. The predicted molar refractivity (Wildman–Crippen MR) is 104 cm³/mol. The highest BCUT2D eigenvalue weighted by Crippen LogP contribution is 2.26. The van der Waals surface area contributed by atoms with E-state index in [2.05, 4.69) is 0 Å². The van der Waals surface area contributed by atoms with Crippen LogP contribution in [0.1, 0.15) is 36.2 Å². The quantitative estimate of drug-likeness (QED) is 0.709. The second-order valence-electron chi connectivity index (χ2n) is 7.46. The van der Waals surface area contributed by atoms with Crippen LogP contribution in [0.15, 0.2) is 53.4 Å². The number of sulfonamides is 1. The van der Waals surface area contributed by atoms with E-state index >= 15 is 0 Å². The summed E-state index contributed by atoms with van der Waals surface area (Å²) < 4.78 is 46.0. The lowest BCUT2D eigenvalue weighted by atomic mass is 9.94. The maximum atomic E-state index is 13.6. The maximum Gasteiger partial charge on any atom is 0.338 e. The maximum absolute atomic E-state index is 13.6. The number of hydrogen-bond donors (Lipinski definition) is 0. The van der Waals surface area contributed by atoms with Crippen LogP contribution >= 0.6 is 0 Å². The Morgan fingerprint density at radius 2 is 1.68 bits per heavy atom. The Balaban J connectivity index is 1.68. The van der Waals surface area contributed by atoms with E-state index in [1.165, 1.54) is 34.6 Å². The van der Waals surface area contributed by atoms with Gasteiger partial charge in [-0.25, -0.2) is 17.6 Å². The van der Waals surface area contributed by atoms with E-state index in [0.29, 0.717) is 24.9 Å². The molecule has 2 aromatic carbocycles. The number of ether oxygens (including phenoxy) is 1. The fourth-order valence-corrected chi connectivity index (χ4v) is 5.24. The van der Waals surface area contributed by atoms with Crippen LogP contribution in [0.25, 0.3) is 0 Å². The highest BCUT2D eigenvalue weighted by Gasteiger charge is 2.31. The first-order valence-corrected chi connectivity index (χ1v) is 10.7. The molecule has 1 heterocycles. The largest absolute Gasteiger partial charge is 0.457 e. The van der Waals surface area contributed by atoms with Gasteiger partial charge in [0.15, 0.2) is 0 Å². The summed E-state index contributed by atoms with van der Waals surface area (Å²) in [6, 6.07) is 11.7. The third kappa shape index (κ3) is 4.59. The van der Waals surface area contributed by atoms with Crippen LogP contribution in [0.3, 0.4) is 0 Å². The fraction of sp³-hybridized carbons (Fsp3) is 0.381. The fourth-order valence-electron chi connectivity index (χ4n) is 3.56. The van der Waals surface area contributed by atoms with Gasteiger partial charge in [-0.1, -0.05) is 32.0 Å². The molecule has 0 N–H and O–H groups in total. The summed E-state index contributed by atoms with van der Waals surface area (Å²) in [5, 5.41) is 0. The Morgan fingerprint density at radius 1 is 1.07 bits per heavy atom. The average Bonchev–Trinajstić information content (AvgIpc) is 2.66. The molecule has 28 heavy (non-hydrogen) atoms. The van der Waals surface area contributed by atoms with Gasteiger partial charge < -0.3 is 4.74 Å². The lowest BCUT2D eigenvalue weighted by molar-refractivity contribution is 0.0469. The number of carbonyl (C=O) groups is 1. The first kappa shape index (κ1) is 20.5. The topological polar surface area (TPSA) is 63.7 Å². The van der Waals surface area contributed by atoms with Crippen molar-refractivity contribution in [2.45, 2.75) is 31.8 Å². The number of rotatable bonds is 5. The van der Waals surface area contributed by atoms with E-state index in [4.69, 9.17) is 4.74 Å². The first-order chi connectivity index (χ1) is 13.3. The first-order valence-electron chi connectivity index (χ1n) is 9.28. The van der Waals surface area contributed by atoms with Gasteiger partial charge in [0.25, 0.3) is 0 Å². The molecule has 1 aliphatic rings. The zero-order valence-electron chi connectivity index (χ0n) is 16.0. The molecule has 150 valence electrons. The van der Waals surface area contributed by atoms with Gasteiger partial charge in [0.05, 0.1) is 10.5 Å². The molecule has 7 heteroatoms. The minimum atomic E-state index is -3.60. The van der Waals surface area contributed by atoms with Crippen LogP contribution in [0.5, 0.6) is 0 Å². The molecule has 0 aromatic heterocycles. The van der Waals surface area contributed by atoms with Gasteiger partial charge in [-0.2, -0.15) is 4.31 Å². The lowest BCUT2D eigenvalue weighted by Gasteiger charge is -2.34. The summed E-state index contributed by atoms with van der Waals surface area (Å²) in [6.45, 7) is 4.91. The van der Waals surface area contributed by atoms with Crippen LogP contribution in [-0.4, -0.2) is 31.8 Å². The summed E-state index contributed by atoms with van der Waals surface area (Å²) in [6.07, 6.45) is 1.01. The number of halogens is 1. The lowest BCUT2D eigenvalue weighted by Crippen LogP contribution is -2.42. The standard InChI is InChI=1S/C21H24FNO4S/c1-15-11-16(2)13-23(12-15)28(25,26)19-9-7-17(8-10-19)21(24)27-14-18-5-3-4-6-20(18)22/h3-10,15-16H,11-14H2,1-2H3/t15-,16+. The second kappa shape index (κ2) is 8.41. The number of piperidine rings is 1. The van der Waals surface area contributed by atoms with E-state index in [9.17, 15) is 17.6 Å². The molecule has 1 aliphatic heterocycles. The molecule has 2 aromatic rings. The average molecular weight is 405 g/mol. The van der Waals surface area contributed by atoms with Crippen molar-refractivity contribution in [1.29, 1.82) is 0 Å². The highest BCUT2D eigenvalue weighted by atomic mass is 32.2. The van der Waals surface area contributed by atoms with Gasteiger partial charge in [0.1, 0.15) is 12.4 Å². The van der Waals surface area contributed by atoms with Crippen molar-refractivity contribution in [3.8, 4) is 0 Å². The van der Waals surface area contributed by atoms with E-state index in [1.54, 1.807) is 18.2 Å². The zero-order valence-corrected chi connectivity index (χ0v) is 16.8. The Bertz CT molecular complexity index is 933. The molecule has 1 saturated heterocycles. The van der Waals surface area contributed by atoms with E-state index in [-0.39, 0.29) is 22.6 Å². The van der Waals surface area contributed by atoms with Gasteiger partial charge in [0.2, 0.25) is 10.0 Å². The summed E-state index contributed by atoms with van der Waals surface area (Å²) in [5.74, 6) is -0.452. The van der Waals surface area contributed by atoms with Gasteiger partial charge in [-0.05, 0) is 48.6 Å². The third-order valence-electron chi connectivity index (χ3n) is 4.88. The van der Waals surface area contributed by atoms with Gasteiger partial charge >= 0.3 is 5.97 Å².